The second-order valence-corrected chi connectivity index (χ2v) is 5.65. The fourth-order valence-electron chi connectivity index (χ4n) is 1.69. The van der Waals surface area contributed by atoms with Gasteiger partial charge in [-0.2, -0.15) is 5.10 Å². The molecule has 0 aliphatic heterocycles. The summed E-state index contributed by atoms with van der Waals surface area (Å²) in [6.45, 7) is 2.39. The first kappa shape index (κ1) is 12.8. The van der Waals surface area contributed by atoms with Crippen molar-refractivity contribution in [3.05, 3.63) is 30.0 Å². The maximum Gasteiger partial charge on any atom is 0.257 e. The Morgan fingerprint density at radius 2 is 2.11 bits per heavy atom. The molecule has 98 valence electrons. The van der Waals surface area contributed by atoms with E-state index in [1.807, 2.05) is 13.2 Å². The van der Waals surface area contributed by atoms with Crippen molar-refractivity contribution in [2.24, 2.45) is 12.2 Å². The molecule has 2 heterocycles. The van der Waals surface area contributed by atoms with Crippen LogP contribution in [0.25, 0.3) is 0 Å². The zero-order valence-corrected chi connectivity index (χ0v) is 11.1. The molecule has 8 heteroatoms. The molecule has 0 bridgehead atoms. The van der Waals surface area contributed by atoms with Gasteiger partial charge in [0.25, 0.3) is 10.0 Å². The van der Waals surface area contributed by atoms with Crippen molar-refractivity contribution in [3.63, 3.8) is 0 Å². The lowest BCUT2D eigenvalue weighted by Gasteiger charge is -2.02. The van der Waals surface area contributed by atoms with Gasteiger partial charge in [-0.3, -0.25) is 4.68 Å². The van der Waals surface area contributed by atoms with Gasteiger partial charge in [-0.25, -0.2) is 18.5 Å². The topological polar surface area (TPSA) is 95.8 Å². The Bertz CT molecular complexity index is 656. The smallest absolute Gasteiger partial charge is 0.257 e. The number of nitrogens with zero attached hydrogens (tertiary/aromatic N) is 4. The molecule has 0 radical (unpaired) electrons. The lowest BCUT2D eigenvalue weighted by atomic mass is 10.2. The predicted molar refractivity (Wildman–Crippen MR) is 65.2 cm³/mol. The Balaban J connectivity index is 2.13. The molecule has 2 N–H and O–H groups in total. The molecule has 2 aromatic rings. The lowest BCUT2D eigenvalue weighted by molar-refractivity contribution is 0.594. The van der Waals surface area contributed by atoms with E-state index in [1.54, 1.807) is 22.4 Å². The summed E-state index contributed by atoms with van der Waals surface area (Å²) in [5, 5.41) is 9.01. The van der Waals surface area contributed by atoms with E-state index < -0.39 is 10.0 Å². The Morgan fingerprint density at radius 3 is 2.61 bits per heavy atom. The SMILES string of the molecule is Cc1nc(S(N)(=O)=O)cn1CCc1cnn(C)c1. The van der Waals surface area contributed by atoms with E-state index >= 15 is 0 Å². The van der Waals surface area contributed by atoms with Crippen molar-refractivity contribution < 1.29 is 8.42 Å². The Hall–Kier alpha value is -1.67. The fraction of sp³-hybridized carbons (Fsp3) is 0.400. The number of primary sulfonamides is 1. The number of hydrogen-bond donors (Lipinski definition) is 1. The van der Waals surface area contributed by atoms with E-state index in [2.05, 4.69) is 10.1 Å². The van der Waals surface area contributed by atoms with Gasteiger partial charge >= 0.3 is 0 Å². The number of aryl methyl sites for hydroxylation is 4. The van der Waals surface area contributed by atoms with E-state index in [0.29, 0.717) is 12.4 Å². The quantitative estimate of drug-likeness (QED) is 0.832. The summed E-state index contributed by atoms with van der Waals surface area (Å²) in [4.78, 5) is 3.93. The number of sulfonamides is 1. The third-order valence-electron chi connectivity index (χ3n) is 2.65. The van der Waals surface area contributed by atoms with Crippen LogP contribution >= 0.6 is 0 Å². The van der Waals surface area contributed by atoms with Crippen LogP contribution in [0.2, 0.25) is 0 Å². The molecular weight excluding hydrogens is 254 g/mol. The summed E-state index contributed by atoms with van der Waals surface area (Å²) < 4.78 is 25.8. The van der Waals surface area contributed by atoms with Gasteiger partial charge in [0.15, 0.2) is 5.03 Å². The molecule has 0 fully saturated rings. The molecule has 0 saturated carbocycles. The minimum absolute atomic E-state index is 0.0915. The van der Waals surface area contributed by atoms with Crippen LogP contribution in [0, 0.1) is 6.92 Å². The molecule has 0 amide bonds. The molecular formula is C10H15N5O2S. The van der Waals surface area contributed by atoms with Gasteiger partial charge in [-0.1, -0.05) is 0 Å². The van der Waals surface area contributed by atoms with E-state index in [-0.39, 0.29) is 5.03 Å². The highest BCUT2D eigenvalue weighted by molar-refractivity contribution is 7.89. The number of hydrogen-bond acceptors (Lipinski definition) is 4. The minimum Gasteiger partial charge on any atom is -0.333 e. The number of nitrogens with two attached hydrogens (primary N) is 1. The number of aromatic nitrogens is 4. The van der Waals surface area contributed by atoms with Gasteiger partial charge in [0.05, 0.1) is 6.20 Å². The third-order valence-corrected chi connectivity index (χ3v) is 3.42. The van der Waals surface area contributed by atoms with Crippen molar-refractivity contribution in [2.75, 3.05) is 0 Å². The van der Waals surface area contributed by atoms with E-state index in [0.717, 1.165) is 12.0 Å². The van der Waals surface area contributed by atoms with Crippen LogP contribution < -0.4 is 5.14 Å². The zero-order chi connectivity index (χ0) is 13.3. The van der Waals surface area contributed by atoms with Crippen LogP contribution in [0.1, 0.15) is 11.4 Å². The average molecular weight is 269 g/mol. The van der Waals surface area contributed by atoms with Crippen LogP contribution in [0.5, 0.6) is 0 Å². The highest BCUT2D eigenvalue weighted by Gasteiger charge is 2.14. The molecule has 7 nitrogen and oxygen atoms in total. The molecule has 18 heavy (non-hydrogen) atoms. The molecule has 0 aliphatic carbocycles. The standard InChI is InChI=1S/C10H15N5O2S/c1-8-13-10(18(11,16)17)7-15(8)4-3-9-5-12-14(2)6-9/h5-7H,3-4H2,1-2H3,(H2,11,16,17). The molecule has 0 spiro atoms. The highest BCUT2D eigenvalue weighted by atomic mass is 32.2. The van der Waals surface area contributed by atoms with Gasteiger partial charge in [0.2, 0.25) is 0 Å². The van der Waals surface area contributed by atoms with Gasteiger partial charge in [0.1, 0.15) is 5.82 Å². The first-order valence-corrected chi connectivity index (χ1v) is 6.95. The lowest BCUT2D eigenvalue weighted by Crippen LogP contribution is -2.12. The molecule has 0 aliphatic rings. The van der Waals surface area contributed by atoms with Crippen molar-refractivity contribution in [1.29, 1.82) is 0 Å². The van der Waals surface area contributed by atoms with Crippen molar-refractivity contribution in [1.82, 2.24) is 19.3 Å². The van der Waals surface area contributed by atoms with E-state index in [1.165, 1.54) is 6.20 Å². The van der Waals surface area contributed by atoms with Crippen molar-refractivity contribution in [3.8, 4) is 0 Å². The Labute approximate surface area is 105 Å². The van der Waals surface area contributed by atoms with Crippen LogP contribution in [-0.4, -0.2) is 27.7 Å². The van der Waals surface area contributed by atoms with Crippen LogP contribution in [0.15, 0.2) is 23.6 Å². The van der Waals surface area contributed by atoms with Crippen LogP contribution in [0.3, 0.4) is 0 Å². The molecule has 0 unspecified atom stereocenters. The largest absolute Gasteiger partial charge is 0.333 e. The van der Waals surface area contributed by atoms with Gasteiger partial charge < -0.3 is 4.57 Å². The Kier molecular flexibility index (Phi) is 3.22. The van der Waals surface area contributed by atoms with Gasteiger partial charge in [-0.15, -0.1) is 0 Å². The fourth-order valence-corrected chi connectivity index (χ4v) is 2.23. The molecule has 0 atom stereocenters. The molecule has 0 aromatic carbocycles. The Morgan fingerprint density at radius 1 is 1.39 bits per heavy atom. The zero-order valence-electron chi connectivity index (χ0n) is 10.2. The summed E-state index contributed by atoms with van der Waals surface area (Å²) in [5.74, 6) is 0.628. The number of rotatable bonds is 4. The third kappa shape index (κ3) is 2.77. The van der Waals surface area contributed by atoms with Gasteiger partial charge in [0, 0.05) is 26.0 Å². The minimum atomic E-state index is -3.73. The van der Waals surface area contributed by atoms with Crippen molar-refractivity contribution >= 4 is 10.0 Å². The molecule has 0 saturated heterocycles. The normalized spacial score (nSPS) is 11.9. The van der Waals surface area contributed by atoms with Crippen LogP contribution in [-0.2, 0) is 30.0 Å². The second kappa shape index (κ2) is 4.54. The average Bonchev–Trinajstić information content (AvgIpc) is 2.81. The van der Waals surface area contributed by atoms with Gasteiger partial charge in [-0.05, 0) is 18.9 Å². The molecule has 2 aromatic heterocycles. The van der Waals surface area contributed by atoms with Crippen molar-refractivity contribution in [2.45, 2.75) is 24.9 Å². The van der Waals surface area contributed by atoms with Crippen LogP contribution in [0.4, 0.5) is 0 Å². The highest BCUT2D eigenvalue weighted by Crippen LogP contribution is 2.08. The first-order valence-electron chi connectivity index (χ1n) is 5.40. The summed E-state index contributed by atoms with van der Waals surface area (Å²) in [5.41, 5.74) is 1.09. The summed E-state index contributed by atoms with van der Waals surface area (Å²) in [6.07, 6.45) is 5.93. The first-order chi connectivity index (χ1) is 8.36. The summed E-state index contributed by atoms with van der Waals surface area (Å²) in [6, 6.07) is 0. The van der Waals surface area contributed by atoms with E-state index in [4.69, 9.17) is 5.14 Å². The van der Waals surface area contributed by atoms with E-state index in [9.17, 15) is 8.42 Å². The predicted octanol–water partition coefficient (Wildman–Crippen LogP) is -0.185. The second-order valence-electron chi connectivity index (χ2n) is 4.14. The maximum absolute atomic E-state index is 11.2. The number of imidazole rings is 1. The molecule has 2 rings (SSSR count). The summed E-state index contributed by atoms with van der Waals surface area (Å²) >= 11 is 0. The summed E-state index contributed by atoms with van der Waals surface area (Å²) in [7, 11) is -1.88. The monoisotopic (exact) mass is 269 g/mol. The maximum atomic E-state index is 11.2.